The summed E-state index contributed by atoms with van der Waals surface area (Å²) >= 11 is 0.391. The molecule has 0 unspecified atom stereocenters. The molecule has 1 aromatic heterocycles. The van der Waals surface area contributed by atoms with Crippen molar-refractivity contribution in [2.24, 2.45) is 0 Å². The van der Waals surface area contributed by atoms with E-state index in [-0.39, 0.29) is 5.41 Å². The Hall–Kier alpha value is -0.201. The van der Waals surface area contributed by atoms with Crippen molar-refractivity contribution in [3.8, 4) is 5.75 Å². The molecule has 0 aliphatic carbocycles. The Morgan fingerprint density at radius 3 is 2.20 bits per heavy atom. The molecule has 0 saturated heterocycles. The number of hydrogen-bond donors (Lipinski definition) is 1. The van der Waals surface area contributed by atoms with Gasteiger partial charge in [0.05, 0.1) is 0 Å². The third-order valence-corrected chi connectivity index (χ3v) is 4.14. The molecular formula is C8H12OSe. The van der Waals surface area contributed by atoms with E-state index in [1.807, 2.05) is 11.0 Å². The summed E-state index contributed by atoms with van der Waals surface area (Å²) in [6, 6.07) is 1.89. The van der Waals surface area contributed by atoms with Crippen LogP contribution in [0, 0.1) is 0 Å². The Morgan fingerprint density at radius 1 is 1.40 bits per heavy atom. The van der Waals surface area contributed by atoms with E-state index in [4.69, 9.17) is 5.11 Å². The molecule has 0 amide bonds. The molecule has 0 aliphatic rings. The summed E-state index contributed by atoms with van der Waals surface area (Å²) in [4.78, 5) is 1.91. The molecule has 0 spiro atoms. The van der Waals surface area contributed by atoms with Gasteiger partial charge in [0.15, 0.2) is 0 Å². The third-order valence-electron chi connectivity index (χ3n) is 1.32. The molecule has 1 heterocycles. The molecular weight excluding hydrogens is 191 g/mol. The first-order chi connectivity index (χ1) is 4.50. The van der Waals surface area contributed by atoms with Crippen LogP contribution in [-0.2, 0) is 5.41 Å². The maximum atomic E-state index is 9.06. The molecule has 10 heavy (non-hydrogen) atoms. The van der Waals surface area contributed by atoms with E-state index in [1.165, 1.54) is 4.44 Å². The van der Waals surface area contributed by atoms with Gasteiger partial charge in [-0.1, -0.05) is 0 Å². The van der Waals surface area contributed by atoms with E-state index in [1.54, 1.807) is 0 Å². The van der Waals surface area contributed by atoms with Crippen LogP contribution < -0.4 is 0 Å². The van der Waals surface area contributed by atoms with Gasteiger partial charge < -0.3 is 0 Å². The monoisotopic (exact) mass is 204 g/mol. The zero-order chi connectivity index (χ0) is 7.78. The van der Waals surface area contributed by atoms with Crippen molar-refractivity contribution < 1.29 is 5.11 Å². The zero-order valence-corrected chi connectivity index (χ0v) is 8.22. The van der Waals surface area contributed by atoms with Gasteiger partial charge in [0.2, 0.25) is 0 Å². The minimum atomic E-state index is 0.237. The summed E-state index contributed by atoms with van der Waals surface area (Å²) in [6.07, 6.45) is 0. The Kier molecular flexibility index (Phi) is 1.93. The van der Waals surface area contributed by atoms with E-state index < -0.39 is 0 Å². The van der Waals surface area contributed by atoms with E-state index in [0.29, 0.717) is 20.3 Å². The van der Waals surface area contributed by atoms with Gasteiger partial charge in [0, 0.05) is 0 Å². The summed E-state index contributed by atoms with van der Waals surface area (Å²) in [5, 5.41) is 9.06. The molecule has 0 aromatic carbocycles. The molecule has 0 saturated carbocycles. The SMILES string of the molecule is CC(C)(C)c1cc(O)c[se]1. The predicted molar refractivity (Wildman–Crippen MR) is 43.7 cm³/mol. The topological polar surface area (TPSA) is 20.2 Å². The van der Waals surface area contributed by atoms with E-state index in [2.05, 4.69) is 20.8 Å². The first-order valence-electron chi connectivity index (χ1n) is 3.28. The van der Waals surface area contributed by atoms with Crippen molar-refractivity contribution in [2.45, 2.75) is 26.2 Å². The molecule has 0 atom stereocenters. The summed E-state index contributed by atoms with van der Waals surface area (Å²) in [6.45, 7) is 6.52. The fourth-order valence-electron chi connectivity index (χ4n) is 0.719. The molecule has 56 valence electrons. The molecule has 1 nitrogen and oxygen atoms in total. The van der Waals surface area contributed by atoms with Crippen molar-refractivity contribution in [2.75, 3.05) is 0 Å². The number of aromatic hydroxyl groups is 1. The predicted octanol–water partition coefficient (Wildman–Crippen LogP) is 1.75. The Morgan fingerprint density at radius 2 is 2.00 bits per heavy atom. The van der Waals surface area contributed by atoms with Crippen LogP contribution in [0.4, 0.5) is 0 Å². The van der Waals surface area contributed by atoms with Gasteiger partial charge >= 0.3 is 67.0 Å². The van der Waals surface area contributed by atoms with Gasteiger partial charge in [-0.2, -0.15) is 0 Å². The Bertz CT molecular complexity index is 219. The summed E-state index contributed by atoms with van der Waals surface area (Å²) in [7, 11) is 0. The fraction of sp³-hybridized carbons (Fsp3) is 0.500. The van der Waals surface area contributed by atoms with E-state index in [9.17, 15) is 0 Å². The van der Waals surface area contributed by atoms with Crippen molar-refractivity contribution in [3.63, 3.8) is 0 Å². The molecule has 1 rings (SSSR count). The molecule has 2 heteroatoms. The molecule has 0 aliphatic heterocycles. The van der Waals surface area contributed by atoms with E-state index >= 15 is 0 Å². The molecule has 0 fully saturated rings. The van der Waals surface area contributed by atoms with Crippen molar-refractivity contribution in [3.05, 3.63) is 15.4 Å². The Balaban J connectivity index is 2.96. The van der Waals surface area contributed by atoms with Gasteiger partial charge in [0.1, 0.15) is 0 Å². The number of rotatable bonds is 0. The van der Waals surface area contributed by atoms with Crippen LogP contribution in [0.5, 0.6) is 5.75 Å². The second-order valence-electron chi connectivity index (χ2n) is 3.42. The van der Waals surface area contributed by atoms with Crippen LogP contribution >= 0.6 is 0 Å². The summed E-state index contributed by atoms with van der Waals surface area (Å²) < 4.78 is 1.37. The second-order valence-corrected chi connectivity index (χ2v) is 5.33. The van der Waals surface area contributed by atoms with Crippen molar-refractivity contribution in [1.82, 2.24) is 0 Å². The van der Waals surface area contributed by atoms with Gasteiger partial charge in [-0.25, -0.2) is 0 Å². The van der Waals surface area contributed by atoms with Crippen molar-refractivity contribution >= 4 is 14.5 Å². The summed E-state index contributed by atoms with van der Waals surface area (Å²) in [5.41, 5.74) is 0.237. The molecule has 0 bridgehead atoms. The molecule has 1 aromatic rings. The second kappa shape index (κ2) is 2.44. The summed E-state index contributed by atoms with van der Waals surface area (Å²) in [5.74, 6) is 0.449. The fourth-order valence-corrected chi connectivity index (χ4v) is 2.52. The van der Waals surface area contributed by atoms with Gasteiger partial charge in [-0.05, 0) is 0 Å². The molecule has 0 radical (unpaired) electrons. The standard InChI is InChI=1S/C8H12OSe/c1-8(2,3)7-4-6(9)5-10-7/h4-5,9H,1-3H3. The van der Waals surface area contributed by atoms with Gasteiger partial charge in [-0.3, -0.25) is 0 Å². The van der Waals surface area contributed by atoms with Gasteiger partial charge in [-0.15, -0.1) is 0 Å². The van der Waals surface area contributed by atoms with Crippen molar-refractivity contribution in [1.29, 1.82) is 0 Å². The average Bonchev–Trinajstić information content (AvgIpc) is 2.11. The van der Waals surface area contributed by atoms with Crippen LogP contribution in [0.15, 0.2) is 11.0 Å². The van der Waals surface area contributed by atoms with Gasteiger partial charge in [0.25, 0.3) is 0 Å². The van der Waals surface area contributed by atoms with Crippen LogP contribution in [0.25, 0.3) is 0 Å². The third kappa shape index (κ3) is 1.65. The van der Waals surface area contributed by atoms with Crippen LogP contribution in [0.2, 0.25) is 0 Å². The molecule has 1 N–H and O–H groups in total. The normalized spacial score (nSPS) is 11.9. The first kappa shape index (κ1) is 7.90. The number of hydrogen-bond acceptors (Lipinski definition) is 1. The quantitative estimate of drug-likeness (QED) is 0.637. The first-order valence-corrected chi connectivity index (χ1v) is 5.13. The minimum absolute atomic E-state index is 0.237. The maximum absolute atomic E-state index is 9.06. The van der Waals surface area contributed by atoms with E-state index in [0.717, 1.165) is 0 Å². The zero-order valence-electron chi connectivity index (χ0n) is 6.51. The van der Waals surface area contributed by atoms with Crippen LogP contribution in [0.1, 0.15) is 25.2 Å². The van der Waals surface area contributed by atoms with Crippen LogP contribution in [0.3, 0.4) is 0 Å². The average molecular weight is 203 g/mol. The van der Waals surface area contributed by atoms with Crippen LogP contribution in [-0.4, -0.2) is 19.6 Å². The Labute approximate surface area is 67.4 Å².